The fourth-order valence-electron chi connectivity index (χ4n) is 2.01. The van der Waals surface area contributed by atoms with Crippen LogP contribution in [0.5, 0.6) is 0 Å². The molecule has 1 aliphatic rings. The molecule has 0 bridgehead atoms. The van der Waals surface area contributed by atoms with Gasteiger partial charge in [-0.2, -0.15) is 0 Å². The number of benzene rings is 1. The van der Waals surface area contributed by atoms with E-state index in [1.54, 1.807) is 0 Å². The summed E-state index contributed by atoms with van der Waals surface area (Å²) in [6, 6.07) is 6.49. The van der Waals surface area contributed by atoms with E-state index in [1.165, 1.54) is 16.8 Å². The first-order chi connectivity index (χ1) is 7.52. The zero-order valence-corrected chi connectivity index (χ0v) is 10.5. The molecule has 3 N–H and O–H groups in total. The normalized spacial score (nSPS) is 17.6. The predicted molar refractivity (Wildman–Crippen MR) is 69.9 cm³/mol. The molecule has 1 aromatic rings. The number of anilines is 1. The van der Waals surface area contributed by atoms with Crippen LogP contribution in [0, 0.1) is 6.92 Å². The monoisotopic (exact) mass is 218 g/mol. The van der Waals surface area contributed by atoms with Gasteiger partial charge in [-0.05, 0) is 36.8 Å². The molecule has 0 saturated heterocycles. The molecule has 0 spiro atoms. The lowest BCUT2D eigenvalue weighted by molar-refractivity contribution is 0.711. The Balaban J connectivity index is 2.17. The number of rotatable bonds is 4. The highest BCUT2D eigenvalue weighted by molar-refractivity contribution is 5.58. The molecule has 1 fully saturated rings. The van der Waals surface area contributed by atoms with Crippen LogP contribution >= 0.6 is 0 Å². The van der Waals surface area contributed by atoms with Crippen molar-refractivity contribution >= 4 is 5.69 Å². The Bertz CT molecular complexity index is 378. The van der Waals surface area contributed by atoms with E-state index in [1.807, 2.05) is 0 Å². The average molecular weight is 218 g/mol. The van der Waals surface area contributed by atoms with Crippen LogP contribution < -0.4 is 11.1 Å². The summed E-state index contributed by atoms with van der Waals surface area (Å²) in [4.78, 5) is 0. The number of nitrogens with two attached hydrogens (primary N) is 1. The standard InChI is InChI=1S/C14H22N2/c1-10(2)12-6-4-5-11(3)13(12)16-9-14(15)7-8-14/h4-6,10,16H,7-9,15H2,1-3H3. The Hall–Kier alpha value is -1.02. The summed E-state index contributed by atoms with van der Waals surface area (Å²) in [7, 11) is 0. The molecule has 88 valence electrons. The Morgan fingerprint density at radius 1 is 1.38 bits per heavy atom. The first-order valence-electron chi connectivity index (χ1n) is 6.14. The summed E-state index contributed by atoms with van der Waals surface area (Å²) in [5.41, 5.74) is 10.2. The summed E-state index contributed by atoms with van der Waals surface area (Å²) in [6.07, 6.45) is 2.31. The summed E-state index contributed by atoms with van der Waals surface area (Å²) >= 11 is 0. The molecule has 0 aromatic heterocycles. The highest BCUT2D eigenvalue weighted by Gasteiger charge is 2.37. The number of hydrogen-bond donors (Lipinski definition) is 2. The fourth-order valence-corrected chi connectivity index (χ4v) is 2.01. The van der Waals surface area contributed by atoms with Crippen molar-refractivity contribution in [2.24, 2.45) is 5.73 Å². The summed E-state index contributed by atoms with van der Waals surface area (Å²) in [5, 5.41) is 3.54. The van der Waals surface area contributed by atoms with Crippen LogP contribution in [0.4, 0.5) is 5.69 Å². The van der Waals surface area contributed by atoms with E-state index in [0.717, 1.165) is 19.4 Å². The van der Waals surface area contributed by atoms with Crippen molar-refractivity contribution in [3.8, 4) is 0 Å². The van der Waals surface area contributed by atoms with Crippen molar-refractivity contribution < 1.29 is 0 Å². The topological polar surface area (TPSA) is 38.0 Å². The van der Waals surface area contributed by atoms with Crippen LogP contribution in [-0.2, 0) is 0 Å². The van der Waals surface area contributed by atoms with Gasteiger partial charge >= 0.3 is 0 Å². The number of nitrogens with one attached hydrogen (secondary N) is 1. The van der Waals surface area contributed by atoms with Crippen LogP contribution in [0.25, 0.3) is 0 Å². The van der Waals surface area contributed by atoms with Crippen LogP contribution in [0.15, 0.2) is 18.2 Å². The maximum absolute atomic E-state index is 6.11. The van der Waals surface area contributed by atoms with Crippen LogP contribution in [0.2, 0.25) is 0 Å². The second-order valence-electron chi connectivity index (χ2n) is 5.41. The second-order valence-corrected chi connectivity index (χ2v) is 5.41. The lowest BCUT2D eigenvalue weighted by Gasteiger charge is -2.19. The van der Waals surface area contributed by atoms with E-state index in [0.29, 0.717) is 5.92 Å². The van der Waals surface area contributed by atoms with Crippen LogP contribution in [0.1, 0.15) is 43.7 Å². The molecular formula is C14H22N2. The van der Waals surface area contributed by atoms with E-state index in [2.05, 4.69) is 44.3 Å². The lowest BCUT2D eigenvalue weighted by Crippen LogP contribution is -2.31. The van der Waals surface area contributed by atoms with E-state index in [4.69, 9.17) is 5.73 Å². The molecular weight excluding hydrogens is 196 g/mol. The number of aryl methyl sites for hydroxylation is 1. The Morgan fingerprint density at radius 3 is 2.62 bits per heavy atom. The SMILES string of the molecule is Cc1cccc(C(C)C)c1NCC1(N)CC1. The zero-order chi connectivity index (χ0) is 11.8. The Labute approximate surface area is 98.2 Å². The quantitative estimate of drug-likeness (QED) is 0.815. The van der Waals surface area contributed by atoms with Crippen molar-refractivity contribution in [3.05, 3.63) is 29.3 Å². The average Bonchev–Trinajstić information content (AvgIpc) is 2.95. The fraction of sp³-hybridized carbons (Fsp3) is 0.571. The van der Waals surface area contributed by atoms with E-state index in [9.17, 15) is 0 Å². The summed E-state index contributed by atoms with van der Waals surface area (Å²) < 4.78 is 0. The van der Waals surface area contributed by atoms with Crippen molar-refractivity contribution in [2.45, 2.75) is 45.1 Å². The highest BCUT2D eigenvalue weighted by Crippen LogP contribution is 2.34. The van der Waals surface area contributed by atoms with Crippen molar-refractivity contribution in [1.82, 2.24) is 0 Å². The number of hydrogen-bond acceptors (Lipinski definition) is 2. The Kier molecular flexibility index (Phi) is 2.94. The van der Waals surface area contributed by atoms with Crippen molar-refractivity contribution in [3.63, 3.8) is 0 Å². The molecule has 2 heteroatoms. The summed E-state index contributed by atoms with van der Waals surface area (Å²) in [5.74, 6) is 0.551. The molecule has 0 amide bonds. The summed E-state index contributed by atoms with van der Waals surface area (Å²) in [6.45, 7) is 7.52. The van der Waals surface area contributed by atoms with E-state index in [-0.39, 0.29) is 5.54 Å². The van der Waals surface area contributed by atoms with Gasteiger partial charge in [-0.1, -0.05) is 32.0 Å². The minimum Gasteiger partial charge on any atom is -0.383 e. The van der Waals surface area contributed by atoms with Gasteiger partial charge in [0.1, 0.15) is 0 Å². The van der Waals surface area contributed by atoms with Gasteiger partial charge in [-0.15, -0.1) is 0 Å². The molecule has 0 heterocycles. The third kappa shape index (κ3) is 2.38. The number of para-hydroxylation sites is 1. The minimum absolute atomic E-state index is 0.0660. The molecule has 2 rings (SSSR count). The van der Waals surface area contributed by atoms with E-state index < -0.39 is 0 Å². The van der Waals surface area contributed by atoms with Gasteiger partial charge in [0.2, 0.25) is 0 Å². The highest BCUT2D eigenvalue weighted by atomic mass is 15.0. The van der Waals surface area contributed by atoms with E-state index >= 15 is 0 Å². The molecule has 16 heavy (non-hydrogen) atoms. The van der Waals surface area contributed by atoms with Gasteiger partial charge in [0.25, 0.3) is 0 Å². The molecule has 0 unspecified atom stereocenters. The van der Waals surface area contributed by atoms with Crippen molar-refractivity contribution in [2.75, 3.05) is 11.9 Å². The molecule has 1 aromatic carbocycles. The van der Waals surface area contributed by atoms with Gasteiger partial charge in [0.15, 0.2) is 0 Å². The van der Waals surface area contributed by atoms with Crippen LogP contribution in [-0.4, -0.2) is 12.1 Å². The predicted octanol–water partition coefficient (Wildman–Crippen LogP) is 3.02. The van der Waals surface area contributed by atoms with Crippen LogP contribution in [0.3, 0.4) is 0 Å². The smallest absolute Gasteiger partial charge is 0.0405 e. The first-order valence-corrected chi connectivity index (χ1v) is 6.14. The third-order valence-corrected chi connectivity index (χ3v) is 3.44. The molecule has 2 nitrogen and oxygen atoms in total. The lowest BCUT2D eigenvalue weighted by atomic mass is 9.98. The molecule has 0 atom stereocenters. The molecule has 1 saturated carbocycles. The second kappa shape index (κ2) is 4.10. The third-order valence-electron chi connectivity index (χ3n) is 3.44. The largest absolute Gasteiger partial charge is 0.383 e. The maximum Gasteiger partial charge on any atom is 0.0405 e. The van der Waals surface area contributed by atoms with Gasteiger partial charge < -0.3 is 11.1 Å². The first kappa shape index (κ1) is 11.5. The van der Waals surface area contributed by atoms with Gasteiger partial charge in [0, 0.05) is 17.8 Å². The molecule has 0 radical (unpaired) electrons. The van der Waals surface area contributed by atoms with Gasteiger partial charge in [0.05, 0.1) is 0 Å². The van der Waals surface area contributed by atoms with Crippen molar-refractivity contribution in [1.29, 1.82) is 0 Å². The Morgan fingerprint density at radius 2 is 2.06 bits per heavy atom. The van der Waals surface area contributed by atoms with Gasteiger partial charge in [-0.3, -0.25) is 0 Å². The van der Waals surface area contributed by atoms with Gasteiger partial charge in [-0.25, -0.2) is 0 Å². The molecule has 1 aliphatic carbocycles. The zero-order valence-electron chi connectivity index (χ0n) is 10.5. The maximum atomic E-state index is 6.11. The molecule has 0 aliphatic heterocycles. The minimum atomic E-state index is 0.0660.